The minimum Gasteiger partial charge on any atom is -0.492 e. The van der Waals surface area contributed by atoms with E-state index >= 15 is 0 Å². The van der Waals surface area contributed by atoms with Gasteiger partial charge in [-0.25, -0.2) is 9.97 Å². The maximum Gasteiger partial charge on any atom is 0.274 e. The molecule has 2 bridgehead atoms. The molecule has 3 aromatic rings. The number of carbonyl (C=O) groups is 1. The lowest BCUT2D eigenvalue weighted by atomic mass is 9.95. The Hall–Kier alpha value is -2.93. The standard InChI is InChI=1S/C26H33N5O2/c32-25(24-20-31-16-6-12-27-26(31)28-24)30-15-4-3-14-29-13-2-1-8-22(29)11-10-21-7-5-9-23(19-21)33-18-17-30/h5-7,9,12,16,19-20,22H,1-4,8,10-11,13-15,17-18H2. The average molecular weight is 448 g/mol. The van der Waals surface area contributed by atoms with E-state index in [0.717, 1.165) is 31.6 Å². The number of benzene rings is 1. The topological polar surface area (TPSA) is 63.0 Å². The molecular formula is C26H33N5O2. The van der Waals surface area contributed by atoms with E-state index in [-0.39, 0.29) is 5.91 Å². The zero-order valence-corrected chi connectivity index (χ0v) is 19.2. The summed E-state index contributed by atoms with van der Waals surface area (Å²) in [7, 11) is 0. The highest BCUT2D eigenvalue weighted by Crippen LogP contribution is 2.23. The summed E-state index contributed by atoms with van der Waals surface area (Å²) in [6.07, 6.45) is 13.6. The van der Waals surface area contributed by atoms with Gasteiger partial charge in [-0.2, -0.15) is 0 Å². The van der Waals surface area contributed by atoms with Gasteiger partial charge in [0.25, 0.3) is 5.91 Å². The van der Waals surface area contributed by atoms with Crippen molar-refractivity contribution < 1.29 is 9.53 Å². The Bertz CT molecular complexity index is 1050. The quantitative estimate of drug-likeness (QED) is 0.567. The van der Waals surface area contributed by atoms with Crippen molar-refractivity contribution in [1.29, 1.82) is 0 Å². The first-order chi connectivity index (χ1) is 16.3. The summed E-state index contributed by atoms with van der Waals surface area (Å²) < 4.78 is 7.85. The van der Waals surface area contributed by atoms with Gasteiger partial charge >= 0.3 is 0 Å². The number of aryl methyl sites for hydroxylation is 1. The van der Waals surface area contributed by atoms with E-state index in [1.165, 1.54) is 37.8 Å². The molecule has 1 unspecified atom stereocenters. The molecule has 1 fully saturated rings. The van der Waals surface area contributed by atoms with Gasteiger partial charge in [-0.3, -0.25) is 9.20 Å². The van der Waals surface area contributed by atoms with Crippen molar-refractivity contribution in [2.45, 2.75) is 51.0 Å². The summed E-state index contributed by atoms with van der Waals surface area (Å²) >= 11 is 0. The second-order valence-corrected chi connectivity index (χ2v) is 9.17. The number of hydrogen-bond donors (Lipinski definition) is 0. The number of hydrogen-bond acceptors (Lipinski definition) is 5. The molecule has 5 rings (SSSR count). The molecule has 1 saturated heterocycles. The molecule has 2 aliphatic heterocycles. The van der Waals surface area contributed by atoms with Crippen LogP contribution in [0.3, 0.4) is 0 Å². The van der Waals surface area contributed by atoms with Crippen molar-refractivity contribution in [2.75, 3.05) is 32.8 Å². The van der Waals surface area contributed by atoms with Gasteiger partial charge in [-0.05, 0) is 75.4 Å². The summed E-state index contributed by atoms with van der Waals surface area (Å²) in [6.45, 7) is 4.03. The van der Waals surface area contributed by atoms with Gasteiger partial charge in [-0.1, -0.05) is 18.6 Å². The molecule has 174 valence electrons. The van der Waals surface area contributed by atoms with Crippen molar-refractivity contribution in [2.24, 2.45) is 0 Å². The molecule has 2 aromatic heterocycles. The van der Waals surface area contributed by atoms with Crippen LogP contribution in [0, 0.1) is 0 Å². The van der Waals surface area contributed by atoms with Crippen molar-refractivity contribution >= 4 is 11.7 Å². The number of imidazole rings is 1. The highest BCUT2D eigenvalue weighted by atomic mass is 16.5. The Balaban J connectivity index is 1.33. The van der Waals surface area contributed by atoms with E-state index in [1.807, 2.05) is 23.2 Å². The molecule has 1 atom stereocenters. The molecule has 0 spiro atoms. The number of amides is 1. The lowest BCUT2D eigenvalue weighted by Gasteiger charge is -2.36. The van der Waals surface area contributed by atoms with Crippen molar-refractivity contribution in [1.82, 2.24) is 24.2 Å². The fourth-order valence-corrected chi connectivity index (χ4v) is 5.11. The Morgan fingerprint density at radius 1 is 1.00 bits per heavy atom. The molecule has 7 heteroatoms. The number of rotatable bonds is 1. The summed E-state index contributed by atoms with van der Waals surface area (Å²) in [4.78, 5) is 26.6. The second kappa shape index (κ2) is 10.3. The lowest BCUT2D eigenvalue weighted by molar-refractivity contribution is 0.0716. The zero-order valence-electron chi connectivity index (χ0n) is 19.2. The van der Waals surface area contributed by atoms with Crippen LogP contribution < -0.4 is 4.74 Å². The third kappa shape index (κ3) is 5.36. The van der Waals surface area contributed by atoms with E-state index in [4.69, 9.17) is 4.74 Å². The molecule has 2 aliphatic rings. The molecule has 33 heavy (non-hydrogen) atoms. The van der Waals surface area contributed by atoms with Crippen LogP contribution in [0.4, 0.5) is 0 Å². The van der Waals surface area contributed by atoms with Gasteiger partial charge in [0.2, 0.25) is 5.78 Å². The largest absolute Gasteiger partial charge is 0.492 e. The first kappa shape index (κ1) is 21.9. The fourth-order valence-electron chi connectivity index (χ4n) is 5.11. The highest BCUT2D eigenvalue weighted by molar-refractivity contribution is 5.92. The zero-order chi connectivity index (χ0) is 22.5. The van der Waals surface area contributed by atoms with E-state index in [1.54, 1.807) is 16.8 Å². The summed E-state index contributed by atoms with van der Waals surface area (Å²) in [6, 6.07) is 10.9. The molecule has 1 aromatic carbocycles. The maximum atomic E-state index is 13.3. The van der Waals surface area contributed by atoms with Crippen LogP contribution in [-0.4, -0.2) is 68.9 Å². The average Bonchev–Trinajstić information content (AvgIpc) is 3.28. The number of piperidine rings is 1. The minimum absolute atomic E-state index is 0.0574. The Morgan fingerprint density at radius 3 is 2.79 bits per heavy atom. The van der Waals surface area contributed by atoms with Gasteiger partial charge in [0.15, 0.2) is 0 Å². The summed E-state index contributed by atoms with van der Waals surface area (Å²) in [5.41, 5.74) is 1.77. The van der Waals surface area contributed by atoms with Gasteiger partial charge < -0.3 is 14.5 Å². The van der Waals surface area contributed by atoms with Crippen LogP contribution in [0.5, 0.6) is 5.75 Å². The van der Waals surface area contributed by atoms with Crippen LogP contribution in [0.1, 0.15) is 54.6 Å². The SMILES string of the molecule is O=C(c1cn2cccnc2n1)N1CCCCN2CCCCC2CCc2cccc(c2)OCC1. The van der Waals surface area contributed by atoms with Crippen molar-refractivity contribution in [3.05, 3.63) is 60.2 Å². The summed E-state index contributed by atoms with van der Waals surface area (Å²) in [5, 5.41) is 0. The van der Waals surface area contributed by atoms with E-state index in [2.05, 4.69) is 33.1 Å². The molecule has 0 aliphatic carbocycles. The number of ether oxygens (including phenoxy) is 1. The smallest absolute Gasteiger partial charge is 0.274 e. The van der Waals surface area contributed by atoms with Gasteiger partial charge in [0.1, 0.15) is 18.1 Å². The predicted molar refractivity (Wildman–Crippen MR) is 128 cm³/mol. The Morgan fingerprint density at radius 2 is 1.88 bits per heavy atom. The molecule has 7 nitrogen and oxygen atoms in total. The van der Waals surface area contributed by atoms with Crippen molar-refractivity contribution in [3.8, 4) is 5.75 Å². The van der Waals surface area contributed by atoms with Crippen LogP contribution in [0.25, 0.3) is 5.78 Å². The monoisotopic (exact) mass is 447 g/mol. The highest BCUT2D eigenvalue weighted by Gasteiger charge is 2.23. The van der Waals surface area contributed by atoms with Gasteiger partial charge in [-0.15, -0.1) is 0 Å². The first-order valence-corrected chi connectivity index (χ1v) is 12.3. The molecule has 0 saturated carbocycles. The Labute approximate surface area is 195 Å². The van der Waals surface area contributed by atoms with E-state index in [0.29, 0.717) is 37.2 Å². The van der Waals surface area contributed by atoms with E-state index in [9.17, 15) is 4.79 Å². The van der Waals surface area contributed by atoms with Gasteiger partial charge in [0.05, 0.1) is 6.54 Å². The number of fused-ring (bicyclic) bond motifs is 4. The normalized spacial score (nSPS) is 21.0. The fraction of sp³-hybridized carbons (Fsp3) is 0.500. The lowest BCUT2D eigenvalue weighted by Crippen LogP contribution is -2.41. The predicted octanol–water partition coefficient (Wildman–Crippen LogP) is 3.83. The Kier molecular flexibility index (Phi) is 6.86. The molecule has 1 amide bonds. The second-order valence-electron chi connectivity index (χ2n) is 9.17. The number of nitrogens with zero attached hydrogens (tertiary/aromatic N) is 5. The molecule has 0 radical (unpaired) electrons. The number of carbonyl (C=O) groups excluding carboxylic acids is 1. The molecule has 0 N–H and O–H groups in total. The minimum atomic E-state index is -0.0574. The van der Waals surface area contributed by atoms with Crippen LogP contribution in [0.15, 0.2) is 48.9 Å². The molecule has 4 heterocycles. The third-order valence-electron chi connectivity index (χ3n) is 6.91. The first-order valence-electron chi connectivity index (χ1n) is 12.3. The van der Waals surface area contributed by atoms with Crippen LogP contribution in [0.2, 0.25) is 0 Å². The van der Waals surface area contributed by atoms with Crippen LogP contribution >= 0.6 is 0 Å². The number of aromatic nitrogens is 3. The maximum absolute atomic E-state index is 13.3. The van der Waals surface area contributed by atoms with Crippen LogP contribution in [-0.2, 0) is 6.42 Å². The van der Waals surface area contributed by atoms with Crippen molar-refractivity contribution in [3.63, 3.8) is 0 Å². The van der Waals surface area contributed by atoms with Gasteiger partial charge in [0, 0.05) is 31.2 Å². The molecular weight excluding hydrogens is 414 g/mol. The summed E-state index contributed by atoms with van der Waals surface area (Å²) in [5.74, 6) is 1.37. The van der Waals surface area contributed by atoms with E-state index < -0.39 is 0 Å². The third-order valence-corrected chi connectivity index (χ3v) is 6.91.